The van der Waals surface area contributed by atoms with E-state index in [-0.39, 0.29) is 6.42 Å². The van der Waals surface area contributed by atoms with Crippen molar-refractivity contribution in [2.75, 3.05) is 13.1 Å². The molecule has 0 aromatic heterocycles. The van der Waals surface area contributed by atoms with Crippen LogP contribution in [0.5, 0.6) is 0 Å². The van der Waals surface area contributed by atoms with E-state index in [1.165, 1.54) is 18.7 Å². The van der Waals surface area contributed by atoms with Gasteiger partial charge in [0.05, 0.1) is 5.41 Å². The number of carbonyl (C=O) groups excluding carboxylic acids is 2. The molecule has 0 saturated heterocycles. The van der Waals surface area contributed by atoms with Gasteiger partial charge in [0.25, 0.3) is 0 Å². The van der Waals surface area contributed by atoms with Crippen LogP contribution in [0.3, 0.4) is 0 Å². The van der Waals surface area contributed by atoms with E-state index < -0.39 is 23.3 Å². The average Bonchev–Trinajstić information content (AvgIpc) is 2.27. The zero-order chi connectivity index (χ0) is 15.1. The van der Waals surface area contributed by atoms with Crippen molar-refractivity contribution in [3.05, 3.63) is 12.7 Å². The maximum absolute atomic E-state index is 11.8. The Balaban J connectivity index is 4.50. The first-order valence-corrected chi connectivity index (χ1v) is 6.17. The third-order valence-corrected chi connectivity index (χ3v) is 2.56. The van der Waals surface area contributed by atoms with E-state index in [0.717, 1.165) is 6.42 Å². The number of rotatable bonds is 7. The third kappa shape index (κ3) is 6.03. The van der Waals surface area contributed by atoms with Crippen molar-refractivity contribution < 1.29 is 19.5 Å². The van der Waals surface area contributed by atoms with Crippen LogP contribution in [0.4, 0.5) is 4.79 Å². The van der Waals surface area contributed by atoms with Crippen molar-refractivity contribution in [3.8, 4) is 0 Å². The molecule has 19 heavy (non-hydrogen) atoms. The second-order valence-electron chi connectivity index (χ2n) is 4.95. The van der Waals surface area contributed by atoms with Gasteiger partial charge in [-0.3, -0.25) is 14.9 Å². The highest BCUT2D eigenvalue weighted by atomic mass is 16.4. The van der Waals surface area contributed by atoms with E-state index >= 15 is 0 Å². The van der Waals surface area contributed by atoms with Gasteiger partial charge in [-0.1, -0.05) is 13.0 Å². The Hall–Kier alpha value is -1.85. The summed E-state index contributed by atoms with van der Waals surface area (Å²) in [5, 5.41) is 11.1. The van der Waals surface area contributed by atoms with Gasteiger partial charge in [0.15, 0.2) is 0 Å². The molecule has 0 heterocycles. The van der Waals surface area contributed by atoms with Crippen LogP contribution in [-0.2, 0) is 9.59 Å². The number of hydrogen-bond donors (Lipinski definition) is 2. The van der Waals surface area contributed by atoms with E-state index in [0.29, 0.717) is 13.1 Å². The van der Waals surface area contributed by atoms with Gasteiger partial charge in [-0.25, -0.2) is 4.79 Å². The molecule has 0 fully saturated rings. The van der Waals surface area contributed by atoms with Crippen LogP contribution in [0, 0.1) is 5.41 Å². The number of hydrogen-bond acceptors (Lipinski definition) is 3. The molecule has 3 amide bonds. The Morgan fingerprint density at radius 2 is 1.95 bits per heavy atom. The zero-order valence-corrected chi connectivity index (χ0v) is 11.7. The molecule has 6 heteroatoms. The lowest BCUT2D eigenvalue weighted by atomic mass is 9.89. The smallest absolute Gasteiger partial charge is 0.324 e. The summed E-state index contributed by atoms with van der Waals surface area (Å²) in [5.41, 5.74) is -1.20. The molecule has 0 spiro atoms. The number of aliphatic carboxylic acids is 1. The number of nitrogens with zero attached hydrogens (tertiary/aromatic N) is 1. The van der Waals surface area contributed by atoms with Crippen molar-refractivity contribution in [2.45, 2.75) is 33.6 Å². The van der Waals surface area contributed by atoms with Crippen molar-refractivity contribution in [1.82, 2.24) is 10.2 Å². The first kappa shape index (κ1) is 17.2. The fourth-order valence-electron chi connectivity index (χ4n) is 1.42. The van der Waals surface area contributed by atoms with Crippen molar-refractivity contribution in [2.24, 2.45) is 5.41 Å². The second kappa shape index (κ2) is 7.56. The molecule has 0 saturated carbocycles. The molecule has 0 aliphatic rings. The summed E-state index contributed by atoms with van der Waals surface area (Å²) in [7, 11) is 0. The summed E-state index contributed by atoms with van der Waals surface area (Å²) >= 11 is 0. The van der Waals surface area contributed by atoms with Gasteiger partial charge in [-0.05, 0) is 20.3 Å². The van der Waals surface area contributed by atoms with Crippen LogP contribution in [0.15, 0.2) is 12.7 Å². The normalized spacial score (nSPS) is 10.7. The van der Waals surface area contributed by atoms with Gasteiger partial charge >= 0.3 is 12.0 Å². The summed E-state index contributed by atoms with van der Waals surface area (Å²) in [6.45, 7) is 9.18. The van der Waals surface area contributed by atoms with Crippen molar-refractivity contribution in [1.29, 1.82) is 0 Å². The van der Waals surface area contributed by atoms with Crippen molar-refractivity contribution in [3.63, 3.8) is 0 Å². The maximum Gasteiger partial charge on any atom is 0.324 e. The number of urea groups is 1. The van der Waals surface area contributed by atoms with E-state index in [2.05, 4.69) is 11.9 Å². The molecule has 6 nitrogen and oxygen atoms in total. The summed E-state index contributed by atoms with van der Waals surface area (Å²) in [6, 6.07) is -0.520. The maximum atomic E-state index is 11.8. The van der Waals surface area contributed by atoms with Crippen LogP contribution in [-0.4, -0.2) is 41.0 Å². The summed E-state index contributed by atoms with van der Waals surface area (Å²) in [5.74, 6) is -1.67. The van der Waals surface area contributed by atoms with Crippen LogP contribution in [0.2, 0.25) is 0 Å². The summed E-state index contributed by atoms with van der Waals surface area (Å²) in [4.78, 5) is 35.8. The number of nitrogens with one attached hydrogen (secondary N) is 1. The minimum atomic E-state index is -1.20. The van der Waals surface area contributed by atoms with Crippen LogP contribution < -0.4 is 5.32 Å². The standard InChI is InChI=1S/C13H22N2O4/c1-5-7-15(8-6-2)12(19)14-10(16)9-13(3,4)11(17)18/h5H,1,6-9H2,2-4H3,(H,17,18)(H,14,16,19). The molecule has 0 aliphatic heterocycles. The van der Waals surface area contributed by atoms with Crippen LogP contribution in [0.25, 0.3) is 0 Å². The van der Waals surface area contributed by atoms with Gasteiger partial charge in [0.2, 0.25) is 5.91 Å². The topological polar surface area (TPSA) is 86.7 Å². The fourth-order valence-corrected chi connectivity index (χ4v) is 1.42. The first-order chi connectivity index (χ1) is 8.74. The molecule has 0 rings (SSSR count). The third-order valence-electron chi connectivity index (χ3n) is 2.56. The molecule has 0 aromatic carbocycles. The largest absolute Gasteiger partial charge is 0.481 e. The average molecular weight is 270 g/mol. The first-order valence-electron chi connectivity index (χ1n) is 6.17. The number of carbonyl (C=O) groups is 3. The van der Waals surface area contributed by atoms with Gasteiger partial charge in [-0.2, -0.15) is 0 Å². The summed E-state index contributed by atoms with van der Waals surface area (Å²) < 4.78 is 0. The fraction of sp³-hybridized carbons (Fsp3) is 0.615. The van der Waals surface area contributed by atoms with Gasteiger partial charge in [-0.15, -0.1) is 6.58 Å². The molecule has 0 unspecified atom stereocenters. The molecular formula is C13H22N2O4. The molecule has 0 aliphatic carbocycles. The van der Waals surface area contributed by atoms with E-state index in [9.17, 15) is 14.4 Å². The zero-order valence-electron chi connectivity index (χ0n) is 11.7. The highest BCUT2D eigenvalue weighted by Gasteiger charge is 2.31. The Labute approximate surface area is 113 Å². The number of carboxylic acid groups (broad SMARTS) is 1. The predicted molar refractivity (Wildman–Crippen MR) is 71.6 cm³/mol. The molecule has 0 radical (unpaired) electrons. The highest BCUT2D eigenvalue weighted by Crippen LogP contribution is 2.19. The Kier molecular flexibility index (Phi) is 6.82. The molecule has 0 bridgehead atoms. The monoisotopic (exact) mass is 270 g/mol. The molecule has 0 atom stereocenters. The molecular weight excluding hydrogens is 248 g/mol. The Morgan fingerprint density at radius 3 is 2.37 bits per heavy atom. The quantitative estimate of drug-likeness (QED) is 0.688. The van der Waals surface area contributed by atoms with Gasteiger partial charge < -0.3 is 10.0 Å². The minimum Gasteiger partial charge on any atom is -0.481 e. The van der Waals surface area contributed by atoms with Crippen LogP contribution >= 0.6 is 0 Å². The second-order valence-corrected chi connectivity index (χ2v) is 4.95. The summed E-state index contributed by atoms with van der Waals surface area (Å²) in [6.07, 6.45) is 2.08. The lowest BCUT2D eigenvalue weighted by Crippen LogP contribution is -2.45. The molecule has 2 N–H and O–H groups in total. The van der Waals surface area contributed by atoms with E-state index in [1.54, 1.807) is 6.08 Å². The Morgan fingerprint density at radius 1 is 1.37 bits per heavy atom. The van der Waals surface area contributed by atoms with Crippen LogP contribution in [0.1, 0.15) is 33.6 Å². The number of carboxylic acids is 1. The van der Waals surface area contributed by atoms with Gasteiger partial charge in [0, 0.05) is 19.5 Å². The van der Waals surface area contributed by atoms with Gasteiger partial charge in [0.1, 0.15) is 0 Å². The highest BCUT2D eigenvalue weighted by molar-refractivity contribution is 5.96. The van der Waals surface area contributed by atoms with E-state index in [1.807, 2.05) is 6.92 Å². The number of imide groups is 1. The lowest BCUT2D eigenvalue weighted by molar-refractivity contribution is -0.149. The SMILES string of the molecule is C=CCN(CCC)C(=O)NC(=O)CC(C)(C)C(=O)O. The van der Waals surface area contributed by atoms with E-state index in [4.69, 9.17) is 5.11 Å². The minimum absolute atomic E-state index is 0.248. The Bertz CT molecular complexity index is 364. The molecule has 0 aromatic rings. The number of amides is 3. The molecule has 108 valence electrons. The lowest BCUT2D eigenvalue weighted by Gasteiger charge is -2.22. The predicted octanol–water partition coefficient (Wildman–Crippen LogP) is 1.62. The van der Waals surface area contributed by atoms with Crippen molar-refractivity contribution >= 4 is 17.9 Å².